The Kier molecular flexibility index (Phi) is 3.27. The molecule has 1 N–H and O–H groups in total. The van der Waals surface area contributed by atoms with Crippen LogP contribution in [0.4, 0.5) is 0 Å². The van der Waals surface area contributed by atoms with Crippen LogP contribution in [0.5, 0.6) is 0 Å². The van der Waals surface area contributed by atoms with Gasteiger partial charge in [-0.05, 0) is 38.3 Å². The van der Waals surface area contributed by atoms with Crippen LogP contribution in [0.1, 0.15) is 38.2 Å². The summed E-state index contributed by atoms with van der Waals surface area (Å²) >= 11 is 0. The molecule has 0 amide bonds. The van der Waals surface area contributed by atoms with Crippen LogP contribution >= 0.6 is 0 Å². The van der Waals surface area contributed by atoms with E-state index in [0.29, 0.717) is 4.90 Å². The maximum Gasteiger partial charge on any atom is 0.241 e. The molecule has 17 heavy (non-hydrogen) atoms. The Morgan fingerprint density at radius 3 is 2.35 bits per heavy atom. The normalized spacial score (nSPS) is 19.4. The highest BCUT2D eigenvalue weighted by Crippen LogP contribution is 2.30. The fourth-order valence-corrected chi connectivity index (χ4v) is 4.21. The minimum atomic E-state index is -3.38. The topological polar surface area (TPSA) is 46.2 Å². The molecular weight excluding hydrogens is 234 g/mol. The zero-order chi connectivity index (χ0) is 12.5. The van der Waals surface area contributed by atoms with E-state index in [9.17, 15) is 8.42 Å². The van der Waals surface area contributed by atoms with Crippen LogP contribution in [0.2, 0.25) is 0 Å². The summed E-state index contributed by atoms with van der Waals surface area (Å²) in [7, 11) is -3.38. The third-order valence-electron chi connectivity index (χ3n) is 3.47. The Bertz CT molecular complexity index is 502. The summed E-state index contributed by atoms with van der Waals surface area (Å²) in [4.78, 5) is 0.396. The first-order valence-corrected chi connectivity index (χ1v) is 7.51. The molecule has 1 aliphatic rings. The standard InChI is InChI=1S/C13H19NO2S/c1-11-7-3-4-8-12(11)17(15,16)14-13(2)9-5-6-10-13/h3-4,7-8,14H,5-6,9-10H2,1-2H3. The first kappa shape index (κ1) is 12.6. The van der Waals surface area contributed by atoms with Crippen molar-refractivity contribution in [2.45, 2.75) is 50.0 Å². The lowest BCUT2D eigenvalue weighted by atomic mass is 10.0. The van der Waals surface area contributed by atoms with Gasteiger partial charge in [-0.15, -0.1) is 0 Å². The van der Waals surface area contributed by atoms with E-state index in [1.807, 2.05) is 26.0 Å². The lowest BCUT2D eigenvalue weighted by Gasteiger charge is -2.25. The Morgan fingerprint density at radius 2 is 1.76 bits per heavy atom. The molecule has 0 aromatic heterocycles. The quantitative estimate of drug-likeness (QED) is 0.900. The van der Waals surface area contributed by atoms with Gasteiger partial charge in [0.15, 0.2) is 0 Å². The zero-order valence-electron chi connectivity index (χ0n) is 10.4. The molecule has 0 heterocycles. The fraction of sp³-hybridized carbons (Fsp3) is 0.538. The number of aryl methyl sites for hydroxylation is 1. The zero-order valence-corrected chi connectivity index (χ0v) is 11.2. The van der Waals surface area contributed by atoms with Gasteiger partial charge in [0.05, 0.1) is 4.90 Å². The monoisotopic (exact) mass is 253 g/mol. The molecule has 3 nitrogen and oxygen atoms in total. The molecule has 2 rings (SSSR count). The average molecular weight is 253 g/mol. The summed E-state index contributed by atoms with van der Waals surface area (Å²) in [5.74, 6) is 0. The van der Waals surface area contributed by atoms with E-state index in [1.54, 1.807) is 12.1 Å². The molecule has 1 fully saturated rings. The number of rotatable bonds is 3. The summed E-state index contributed by atoms with van der Waals surface area (Å²) < 4.78 is 27.5. The SMILES string of the molecule is Cc1ccccc1S(=O)(=O)NC1(C)CCCC1. The van der Waals surface area contributed by atoms with Gasteiger partial charge in [-0.1, -0.05) is 31.0 Å². The van der Waals surface area contributed by atoms with E-state index in [-0.39, 0.29) is 5.54 Å². The molecule has 0 atom stereocenters. The first-order valence-electron chi connectivity index (χ1n) is 6.03. The molecule has 0 saturated heterocycles. The third kappa shape index (κ3) is 2.69. The summed E-state index contributed by atoms with van der Waals surface area (Å²) in [5.41, 5.74) is 0.530. The first-order chi connectivity index (χ1) is 7.93. The second kappa shape index (κ2) is 4.42. The van der Waals surface area contributed by atoms with Crippen LogP contribution in [0.15, 0.2) is 29.2 Å². The average Bonchev–Trinajstić information content (AvgIpc) is 2.64. The van der Waals surface area contributed by atoms with Crippen molar-refractivity contribution in [2.24, 2.45) is 0 Å². The van der Waals surface area contributed by atoms with Crippen LogP contribution in [0, 0.1) is 6.92 Å². The van der Waals surface area contributed by atoms with Gasteiger partial charge in [-0.2, -0.15) is 0 Å². The summed E-state index contributed by atoms with van der Waals surface area (Å²) in [6, 6.07) is 7.10. The maximum absolute atomic E-state index is 12.3. The lowest BCUT2D eigenvalue weighted by Crippen LogP contribution is -2.43. The van der Waals surface area contributed by atoms with Gasteiger partial charge >= 0.3 is 0 Å². The minimum absolute atomic E-state index is 0.263. The molecule has 1 aliphatic carbocycles. The second-order valence-corrected chi connectivity index (χ2v) is 6.79. The summed E-state index contributed by atoms with van der Waals surface area (Å²) in [6.07, 6.45) is 4.07. The lowest BCUT2D eigenvalue weighted by molar-refractivity contribution is 0.427. The minimum Gasteiger partial charge on any atom is -0.207 e. The van der Waals surface area contributed by atoms with Gasteiger partial charge in [-0.3, -0.25) is 0 Å². The van der Waals surface area contributed by atoms with Crippen LogP contribution in [0.25, 0.3) is 0 Å². The Hall–Kier alpha value is -0.870. The molecule has 0 bridgehead atoms. The Morgan fingerprint density at radius 1 is 1.18 bits per heavy atom. The number of benzene rings is 1. The van der Waals surface area contributed by atoms with Gasteiger partial charge in [0.25, 0.3) is 0 Å². The number of hydrogen-bond acceptors (Lipinski definition) is 2. The van der Waals surface area contributed by atoms with E-state index < -0.39 is 10.0 Å². The van der Waals surface area contributed by atoms with Gasteiger partial charge in [0.2, 0.25) is 10.0 Å². The van der Waals surface area contributed by atoms with Gasteiger partial charge < -0.3 is 0 Å². The molecule has 94 valence electrons. The van der Waals surface area contributed by atoms with Crippen molar-refractivity contribution in [3.63, 3.8) is 0 Å². The van der Waals surface area contributed by atoms with Crippen molar-refractivity contribution in [3.8, 4) is 0 Å². The van der Waals surface area contributed by atoms with Crippen LogP contribution in [0.3, 0.4) is 0 Å². The number of nitrogens with one attached hydrogen (secondary N) is 1. The number of sulfonamides is 1. The van der Waals surface area contributed by atoms with E-state index in [0.717, 1.165) is 31.2 Å². The van der Waals surface area contributed by atoms with Crippen molar-refractivity contribution in [1.82, 2.24) is 4.72 Å². The molecule has 4 heteroatoms. The molecule has 0 unspecified atom stereocenters. The predicted octanol–water partition coefficient (Wildman–Crippen LogP) is 2.61. The smallest absolute Gasteiger partial charge is 0.207 e. The van der Waals surface area contributed by atoms with E-state index in [2.05, 4.69) is 4.72 Å². The van der Waals surface area contributed by atoms with Crippen LogP contribution < -0.4 is 4.72 Å². The van der Waals surface area contributed by atoms with Gasteiger partial charge in [0, 0.05) is 5.54 Å². The van der Waals surface area contributed by atoms with Crippen molar-refractivity contribution in [3.05, 3.63) is 29.8 Å². The van der Waals surface area contributed by atoms with Gasteiger partial charge in [0.1, 0.15) is 0 Å². The molecular formula is C13H19NO2S. The molecule has 1 aromatic carbocycles. The van der Waals surface area contributed by atoms with Crippen molar-refractivity contribution in [2.75, 3.05) is 0 Å². The molecule has 0 radical (unpaired) electrons. The molecule has 1 aromatic rings. The fourth-order valence-electron chi connectivity index (χ4n) is 2.49. The summed E-state index contributed by atoms with van der Waals surface area (Å²) in [5, 5.41) is 0. The highest BCUT2D eigenvalue weighted by Gasteiger charge is 2.33. The highest BCUT2D eigenvalue weighted by atomic mass is 32.2. The summed E-state index contributed by atoms with van der Waals surface area (Å²) in [6.45, 7) is 3.82. The largest absolute Gasteiger partial charge is 0.241 e. The van der Waals surface area contributed by atoms with E-state index in [1.165, 1.54) is 0 Å². The molecule has 0 spiro atoms. The second-order valence-electron chi connectivity index (χ2n) is 5.14. The van der Waals surface area contributed by atoms with E-state index in [4.69, 9.17) is 0 Å². The van der Waals surface area contributed by atoms with Crippen molar-refractivity contribution >= 4 is 10.0 Å². The maximum atomic E-state index is 12.3. The number of hydrogen-bond donors (Lipinski definition) is 1. The van der Waals surface area contributed by atoms with Crippen molar-refractivity contribution in [1.29, 1.82) is 0 Å². The Balaban J connectivity index is 2.28. The predicted molar refractivity (Wildman–Crippen MR) is 68.4 cm³/mol. The molecule has 1 saturated carbocycles. The molecule has 0 aliphatic heterocycles. The van der Waals surface area contributed by atoms with E-state index >= 15 is 0 Å². The van der Waals surface area contributed by atoms with Crippen molar-refractivity contribution < 1.29 is 8.42 Å². The Labute approximate surface area is 103 Å². The van der Waals surface area contributed by atoms with Gasteiger partial charge in [-0.25, -0.2) is 13.1 Å². The highest BCUT2D eigenvalue weighted by molar-refractivity contribution is 7.89. The van der Waals surface area contributed by atoms with Crippen LogP contribution in [-0.2, 0) is 10.0 Å². The van der Waals surface area contributed by atoms with Crippen LogP contribution in [-0.4, -0.2) is 14.0 Å². The third-order valence-corrected chi connectivity index (χ3v) is 5.27.